The van der Waals surface area contributed by atoms with Gasteiger partial charge in [0.25, 0.3) is 5.91 Å². The van der Waals surface area contributed by atoms with Gasteiger partial charge in [0, 0.05) is 42.6 Å². The lowest BCUT2D eigenvalue weighted by Gasteiger charge is -2.26. The molecule has 1 fully saturated rings. The average molecular weight is 432 g/mol. The summed E-state index contributed by atoms with van der Waals surface area (Å²) in [4.78, 5) is 27.1. The van der Waals surface area contributed by atoms with Crippen molar-refractivity contribution in [3.63, 3.8) is 0 Å². The van der Waals surface area contributed by atoms with E-state index < -0.39 is 0 Å². The summed E-state index contributed by atoms with van der Waals surface area (Å²) < 4.78 is 5.39. The molecule has 0 bridgehead atoms. The highest BCUT2D eigenvalue weighted by molar-refractivity contribution is 6.06. The number of carbonyl (C=O) groups excluding carboxylic acids is 1. The lowest BCUT2D eigenvalue weighted by atomic mass is 10.2. The minimum atomic E-state index is -0.303. The largest absolute Gasteiger partial charge is 0.379 e. The van der Waals surface area contributed by atoms with Gasteiger partial charge in [0.1, 0.15) is 11.3 Å². The number of H-pyrrole nitrogens is 2. The van der Waals surface area contributed by atoms with Gasteiger partial charge in [-0.3, -0.25) is 14.8 Å². The quantitative estimate of drug-likeness (QED) is 0.369. The number of carbonyl (C=O) groups is 1. The van der Waals surface area contributed by atoms with E-state index in [9.17, 15) is 4.79 Å². The Morgan fingerprint density at radius 1 is 1.19 bits per heavy atom. The molecule has 0 atom stereocenters. The van der Waals surface area contributed by atoms with Crippen LogP contribution < -0.4 is 10.6 Å². The minimum absolute atomic E-state index is 0.300. The van der Waals surface area contributed by atoms with Crippen molar-refractivity contribution in [1.82, 2.24) is 30.0 Å². The molecule has 10 heteroatoms. The molecule has 0 aliphatic carbocycles. The fourth-order valence-corrected chi connectivity index (χ4v) is 3.69. The summed E-state index contributed by atoms with van der Waals surface area (Å²) in [5, 5.41) is 13.6. The summed E-state index contributed by atoms with van der Waals surface area (Å²) in [6.07, 6.45) is 3.26. The van der Waals surface area contributed by atoms with Crippen LogP contribution in [-0.4, -0.2) is 62.3 Å². The van der Waals surface area contributed by atoms with Crippen molar-refractivity contribution < 1.29 is 9.53 Å². The van der Waals surface area contributed by atoms with Crippen LogP contribution in [0.1, 0.15) is 21.7 Å². The van der Waals surface area contributed by atoms with E-state index in [4.69, 9.17) is 4.74 Å². The standard InChI is InChI=1S/C22H24N8O2/c1-14-10-16-11-23-22(28-20(16)25-14)27-18-12-24-29-19(18)21(31)26-17-4-2-15(3-5-17)13-30-6-8-32-9-7-30/h2-5,10-12H,6-9,13H2,1H3,(H,24,29)(H,26,31)(H2,23,25,27,28). The Kier molecular flexibility index (Phi) is 5.53. The molecule has 3 aromatic heterocycles. The molecule has 10 nitrogen and oxygen atoms in total. The first-order valence-corrected chi connectivity index (χ1v) is 10.5. The number of nitrogens with one attached hydrogen (secondary N) is 4. The van der Waals surface area contributed by atoms with Crippen LogP contribution >= 0.6 is 0 Å². The van der Waals surface area contributed by atoms with E-state index in [0.29, 0.717) is 23.0 Å². The Labute approximate surface area is 184 Å². The second-order valence-electron chi connectivity index (χ2n) is 7.77. The maximum atomic E-state index is 12.8. The van der Waals surface area contributed by atoms with Gasteiger partial charge < -0.3 is 20.4 Å². The molecule has 1 aliphatic rings. The van der Waals surface area contributed by atoms with Crippen LogP contribution in [0.15, 0.2) is 42.7 Å². The molecule has 1 aromatic carbocycles. The van der Waals surface area contributed by atoms with Gasteiger partial charge in [0.2, 0.25) is 5.95 Å². The maximum absolute atomic E-state index is 12.8. The number of rotatable bonds is 6. The van der Waals surface area contributed by atoms with Crippen LogP contribution in [0.4, 0.5) is 17.3 Å². The highest BCUT2D eigenvalue weighted by Crippen LogP contribution is 2.20. The number of aromatic nitrogens is 5. The van der Waals surface area contributed by atoms with Crippen LogP contribution in [-0.2, 0) is 11.3 Å². The van der Waals surface area contributed by atoms with Gasteiger partial charge in [-0.05, 0) is 30.7 Å². The average Bonchev–Trinajstić information content (AvgIpc) is 3.41. The Balaban J connectivity index is 1.24. The molecular weight excluding hydrogens is 408 g/mol. The van der Waals surface area contributed by atoms with Crippen molar-refractivity contribution in [3.8, 4) is 0 Å². The van der Waals surface area contributed by atoms with E-state index in [-0.39, 0.29) is 5.91 Å². The molecular formula is C22H24N8O2. The molecule has 5 rings (SSSR count). The second kappa shape index (κ2) is 8.77. The zero-order valence-corrected chi connectivity index (χ0v) is 17.7. The van der Waals surface area contributed by atoms with Crippen molar-refractivity contribution in [2.45, 2.75) is 13.5 Å². The van der Waals surface area contributed by atoms with Crippen molar-refractivity contribution >= 4 is 34.3 Å². The number of aryl methyl sites for hydroxylation is 1. The number of benzene rings is 1. The van der Waals surface area contributed by atoms with Gasteiger partial charge in [0.15, 0.2) is 0 Å². The van der Waals surface area contributed by atoms with Gasteiger partial charge in [-0.1, -0.05) is 12.1 Å². The Morgan fingerprint density at radius 2 is 2.00 bits per heavy atom. The Bertz CT molecular complexity index is 1220. The monoisotopic (exact) mass is 432 g/mol. The third kappa shape index (κ3) is 4.46. The number of anilines is 3. The summed E-state index contributed by atoms with van der Waals surface area (Å²) in [6.45, 7) is 6.26. The van der Waals surface area contributed by atoms with Crippen LogP contribution in [0, 0.1) is 6.92 Å². The lowest BCUT2D eigenvalue weighted by Crippen LogP contribution is -2.35. The molecule has 0 radical (unpaired) electrons. The first kappa shape index (κ1) is 20.2. The number of hydrogen-bond donors (Lipinski definition) is 4. The zero-order chi connectivity index (χ0) is 21.9. The van der Waals surface area contributed by atoms with Crippen molar-refractivity contribution in [1.29, 1.82) is 0 Å². The molecule has 4 aromatic rings. The molecule has 0 unspecified atom stereocenters. The SMILES string of the molecule is Cc1cc2cnc(Nc3cn[nH]c3C(=O)Nc3ccc(CN4CCOCC4)cc3)nc2[nH]1. The Hall–Kier alpha value is -3.76. The molecule has 1 saturated heterocycles. The maximum Gasteiger partial charge on any atom is 0.275 e. The van der Waals surface area contributed by atoms with E-state index in [1.807, 2.05) is 37.3 Å². The normalized spacial score (nSPS) is 14.5. The summed E-state index contributed by atoms with van der Waals surface area (Å²) in [7, 11) is 0. The van der Waals surface area contributed by atoms with E-state index in [0.717, 1.165) is 49.6 Å². The van der Waals surface area contributed by atoms with E-state index in [1.165, 1.54) is 11.8 Å². The lowest BCUT2D eigenvalue weighted by molar-refractivity contribution is 0.0342. The summed E-state index contributed by atoms with van der Waals surface area (Å²) in [6, 6.07) is 9.84. The number of ether oxygens (including phenoxy) is 1. The van der Waals surface area contributed by atoms with Gasteiger partial charge in [-0.25, -0.2) is 4.98 Å². The first-order chi connectivity index (χ1) is 15.6. The third-order valence-electron chi connectivity index (χ3n) is 5.34. The van der Waals surface area contributed by atoms with E-state index in [1.54, 1.807) is 6.20 Å². The predicted octanol–water partition coefficient (Wildman–Crippen LogP) is 2.82. The van der Waals surface area contributed by atoms with Crippen LogP contribution in [0.5, 0.6) is 0 Å². The van der Waals surface area contributed by atoms with Gasteiger partial charge in [-0.2, -0.15) is 10.1 Å². The molecule has 164 valence electrons. The van der Waals surface area contributed by atoms with Gasteiger partial charge in [-0.15, -0.1) is 0 Å². The Morgan fingerprint density at radius 3 is 2.81 bits per heavy atom. The third-order valence-corrected chi connectivity index (χ3v) is 5.34. The molecule has 1 aliphatic heterocycles. The fourth-order valence-electron chi connectivity index (χ4n) is 3.69. The topological polar surface area (TPSA) is 124 Å². The van der Waals surface area contributed by atoms with Crippen molar-refractivity contribution in [2.24, 2.45) is 0 Å². The first-order valence-electron chi connectivity index (χ1n) is 10.5. The summed E-state index contributed by atoms with van der Waals surface area (Å²) in [5.74, 6) is 0.0741. The van der Waals surface area contributed by atoms with Crippen molar-refractivity contribution in [2.75, 3.05) is 36.9 Å². The van der Waals surface area contributed by atoms with Gasteiger partial charge >= 0.3 is 0 Å². The molecule has 32 heavy (non-hydrogen) atoms. The molecule has 0 spiro atoms. The number of nitrogens with zero attached hydrogens (tertiary/aromatic N) is 4. The number of hydrogen-bond acceptors (Lipinski definition) is 7. The van der Waals surface area contributed by atoms with E-state index >= 15 is 0 Å². The van der Waals surface area contributed by atoms with Crippen molar-refractivity contribution in [3.05, 3.63) is 59.7 Å². The summed E-state index contributed by atoms with van der Waals surface area (Å²) in [5.41, 5.74) is 4.43. The highest BCUT2D eigenvalue weighted by Gasteiger charge is 2.16. The summed E-state index contributed by atoms with van der Waals surface area (Å²) >= 11 is 0. The number of amides is 1. The highest BCUT2D eigenvalue weighted by atomic mass is 16.5. The number of aromatic amines is 2. The van der Waals surface area contributed by atoms with Gasteiger partial charge in [0.05, 0.1) is 25.1 Å². The van der Waals surface area contributed by atoms with Crippen LogP contribution in [0.2, 0.25) is 0 Å². The molecule has 0 saturated carbocycles. The molecule has 4 heterocycles. The second-order valence-corrected chi connectivity index (χ2v) is 7.77. The predicted molar refractivity (Wildman–Crippen MR) is 121 cm³/mol. The van der Waals surface area contributed by atoms with Crippen LogP contribution in [0.25, 0.3) is 11.0 Å². The van der Waals surface area contributed by atoms with E-state index in [2.05, 4.69) is 40.7 Å². The number of morpholine rings is 1. The minimum Gasteiger partial charge on any atom is -0.379 e. The smallest absolute Gasteiger partial charge is 0.275 e. The molecule has 1 amide bonds. The zero-order valence-electron chi connectivity index (χ0n) is 17.7. The van der Waals surface area contributed by atoms with Crippen LogP contribution in [0.3, 0.4) is 0 Å². The fraction of sp³-hybridized carbons (Fsp3) is 0.273. The number of fused-ring (bicyclic) bond motifs is 1. The molecule has 4 N–H and O–H groups in total.